The van der Waals surface area contributed by atoms with Gasteiger partial charge in [0.05, 0.1) is 13.0 Å². The number of methoxy groups -OCH3 is 1. The predicted octanol–water partition coefficient (Wildman–Crippen LogP) is 2.90. The number of esters is 1. The summed E-state index contributed by atoms with van der Waals surface area (Å²) in [6.07, 6.45) is 1.70. The second-order valence-electron chi connectivity index (χ2n) is 4.97. The summed E-state index contributed by atoms with van der Waals surface area (Å²) in [6, 6.07) is 1.79. The maximum Gasteiger partial charge on any atom is 0.309 e. The zero-order chi connectivity index (χ0) is 14.2. The van der Waals surface area contributed by atoms with Gasteiger partial charge in [0.25, 0.3) is 0 Å². The van der Waals surface area contributed by atoms with Crippen molar-refractivity contribution in [3.05, 3.63) is 29.3 Å². The molecule has 0 spiro atoms. The van der Waals surface area contributed by atoms with Crippen LogP contribution in [0, 0.1) is 17.6 Å². The molecule has 0 radical (unpaired) electrons. The van der Waals surface area contributed by atoms with Crippen molar-refractivity contribution in [2.24, 2.45) is 5.92 Å². The Morgan fingerprint density at radius 1 is 1.53 bits per heavy atom. The van der Waals surface area contributed by atoms with Gasteiger partial charge in [-0.25, -0.2) is 8.78 Å². The molecule has 0 aromatic heterocycles. The average Bonchev–Trinajstić information content (AvgIpc) is 3.09. The van der Waals surface area contributed by atoms with E-state index < -0.39 is 34.7 Å². The van der Waals surface area contributed by atoms with E-state index in [0.717, 1.165) is 18.6 Å². The molecule has 1 N–H and O–H groups in total. The van der Waals surface area contributed by atoms with Crippen LogP contribution in [0.15, 0.2) is 12.1 Å². The van der Waals surface area contributed by atoms with Gasteiger partial charge >= 0.3 is 5.97 Å². The van der Waals surface area contributed by atoms with Crippen LogP contribution in [-0.4, -0.2) is 18.2 Å². The number of aromatic hydroxyl groups is 1. The maximum atomic E-state index is 14.0. The average molecular weight is 270 g/mol. The van der Waals surface area contributed by atoms with Crippen LogP contribution in [0.5, 0.6) is 5.75 Å². The first-order valence-electron chi connectivity index (χ1n) is 6.22. The van der Waals surface area contributed by atoms with Crippen LogP contribution in [0.25, 0.3) is 0 Å². The first-order chi connectivity index (χ1) is 8.96. The second-order valence-corrected chi connectivity index (χ2v) is 4.97. The van der Waals surface area contributed by atoms with Crippen LogP contribution in [0.1, 0.15) is 31.7 Å². The van der Waals surface area contributed by atoms with E-state index in [1.54, 1.807) is 0 Å². The summed E-state index contributed by atoms with van der Waals surface area (Å²) in [4.78, 5) is 11.6. The Hall–Kier alpha value is -1.65. The molecule has 19 heavy (non-hydrogen) atoms. The molecule has 2 atom stereocenters. The molecule has 0 bridgehead atoms. The van der Waals surface area contributed by atoms with Crippen LogP contribution in [0.2, 0.25) is 0 Å². The monoisotopic (exact) mass is 270 g/mol. The Morgan fingerprint density at radius 2 is 2.21 bits per heavy atom. The van der Waals surface area contributed by atoms with Gasteiger partial charge in [-0.2, -0.15) is 0 Å². The highest BCUT2D eigenvalue weighted by molar-refractivity contribution is 5.79. The normalized spacial score (nSPS) is 25.2. The predicted molar refractivity (Wildman–Crippen MR) is 64.7 cm³/mol. The number of ether oxygens (including phenoxy) is 1. The van der Waals surface area contributed by atoms with E-state index >= 15 is 0 Å². The van der Waals surface area contributed by atoms with Crippen molar-refractivity contribution in [2.45, 2.75) is 31.6 Å². The van der Waals surface area contributed by atoms with Crippen molar-refractivity contribution < 1.29 is 23.4 Å². The molecule has 0 saturated heterocycles. The summed E-state index contributed by atoms with van der Waals surface area (Å²) in [5, 5.41) is 9.39. The first-order valence-corrected chi connectivity index (χ1v) is 6.22. The second kappa shape index (κ2) is 4.79. The van der Waals surface area contributed by atoms with Gasteiger partial charge in [-0.05, 0) is 18.9 Å². The number of hydrogen-bond donors (Lipinski definition) is 1. The zero-order valence-corrected chi connectivity index (χ0v) is 10.9. The summed E-state index contributed by atoms with van der Waals surface area (Å²) in [6.45, 7) is 1.91. The lowest BCUT2D eigenvalue weighted by Crippen LogP contribution is -2.18. The number of halogens is 2. The summed E-state index contributed by atoms with van der Waals surface area (Å²) in [5.41, 5.74) is -0.673. The number of phenolic OH excluding ortho intramolecular Hbond substituents is 1. The Balaban J connectivity index is 2.45. The van der Waals surface area contributed by atoms with E-state index in [-0.39, 0.29) is 5.56 Å². The van der Waals surface area contributed by atoms with Gasteiger partial charge in [0.2, 0.25) is 0 Å². The van der Waals surface area contributed by atoms with E-state index in [1.165, 1.54) is 7.11 Å². The fourth-order valence-corrected chi connectivity index (χ4v) is 2.85. The molecule has 1 aliphatic rings. The number of carbonyl (C=O) groups is 1. The van der Waals surface area contributed by atoms with Crippen LogP contribution < -0.4 is 0 Å². The lowest BCUT2D eigenvalue weighted by atomic mass is 9.88. The number of phenols is 1. The van der Waals surface area contributed by atoms with Crippen LogP contribution in [0.4, 0.5) is 8.78 Å². The van der Waals surface area contributed by atoms with Gasteiger partial charge < -0.3 is 9.84 Å². The molecular weight excluding hydrogens is 254 g/mol. The van der Waals surface area contributed by atoms with E-state index in [4.69, 9.17) is 0 Å². The molecule has 0 aliphatic heterocycles. The van der Waals surface area contributed by atoms with Gasteiger partial charge in [-0.15, -0.1) is 0 Å². The van der Waals surface area contributed by atoms with Gasteiger partial charge in [0.15, 0.2) is 11.6 Å². The molecule has 3 nitrogen and oxygen atoms in total. The van der Waals surface area contributed by atoms with Crippen molar-refractivity contribution in [3.63, 3.8) is 0 Å². The quantitative estimate of drug-likeness (QED) is 0.856. The minimum atomic E-state index is -0.846. The molecule has 5 heteroatoms. The van der Waals surface area contributed by atoms with Gasteiger partial charge in [-0.1, -0.05) is 13.3 Å². The number of carbonyl (C=O) groups excluding carboxylic acids is 1. The molecule has 0 amide bonds. The minimum absolute atomic E-state index is 0.0715. The third kappa shape index (κ3) is 2.17. The third-order valence-electron chi connectivity index (χ3n) is 3.81. The van der Waals surface area contributed by atoms with Crippen LogP contribution in [-0.2, 0) is 14.9 Å². The number of hydrogen-bond acceptors (Lipinski definition) is 3. The summed E-state index contributed by atoms with van der Waals surface area (Å²) >= 11 is 0. The lowest BCUT2D eigenvalue weighted by Gasteiger charge is -2.18. The maximum absolute atomic E-state index is 14.0. The standard InChI is InChI=1S/C14H16F2O3/c1-3-4-14(7-10(14)13(18)19-2)9-5-8(15)6-11(17)12(9)16/h5-6,10,17H,3-4,7H2,1-2H3. The fourth-order valence-electron chi connectivity index (χ4n) is 2.85. The molecular formula is C14H16F2O3. The van der Waals surface area contributed by atoms with Gasteiger partial charge in [0.1, 0.15) is 5.82 Å². The molecule has 0 heterocycles. The van der Waals surface area contributed by atoms with E-state index in [2.05, 4.69) is 4.74 Å². The van der Waals surface area contributed by atoms with Crippen molar-refractivity contribution in [1.82, 2.24) is 0 Å². The highest BCUT2D eigenvalue weighted by atomic mass is 19.1. The van der Waals surface area contributed by atoms with E-state index in [9.17, 15) is 18.7 Å². The molecule has 1 saturated carbocycles. The summed E-state index contributed by atoms with van der Waals surface area (Å²) < 4.78 is 32.1. The topological polar surface area (TPSA) is 46.5 Å². The summed E-state index contributed by atoms with van der Waals surface area (Å²) in [7, 11) is 1.27. The number of benzene rings is 1. The first kappa shape index (κ1) is 13.8. The van der Waals surface area contributed by atoms with Gasteiger partial charge in [-0.3, -0.25) is 4.79 Å². The zero-order valence-electron chi connectivity index (χ0n) is 10.9. The number of rotatable bonds is 4. The Morgan fingerprint density at radius 3 is 2.79 bits per heavy atom. The van der Waals surface area contributed by atoms with Crippen molar-refractivity contribution >= 4 is 5.97 Å². The Bertz CT molecular complexity index is 516. The Kier molecular flexibility index (Phi) is 3.47. The smallest absolute Gasteiger partial charge is 0.309 e. The molecule has 2 unspecified atom stereocenters. The molecule has 104 valence electrons. The molecule has 1 aromatic rings. The molecule has 2 rings (SSSR count). The highest BCUT2D eigenvalue weighted by Crippen LogP contribution is 2.59. The molecule has 1 aromatic carbocycles. The SMILES string of the molecule is CCCC1(c2cc(F)cc(O)c2F)CC1C(=O)OC. The largest absolute Gasteiger partial charge is 0.505 e. The van der Waals surface area contributed by atoms with Crippen molar-refractivity contribution in [2.75, 3.05) is 7.11 Å². The van der Waals surface area contributed by atoms with Crippen LogP contribution >= 0.6 is 0 Å². The van der Waals surface area contributed by atoms with Crippen molar-refractivity contribution in [3.8, 4) is 5.75 Å². The van der Waals surface area contributed by atoms with E-state index in [0.29, 0.717) is 12.8 Å². The van der Waals surface area contributed by atoms with Gasteiger partial charge in [0, 0.05) is 17.0 Å². The lowest BCUT2D eigenvalue weighted by molar-refractivity contribution is -0.142. The molecule has 1 aliphatic carbocycles. The Labute approximate surface area is 110 Å². The minimum Gasteiger partial charge on any atom is -0.505 e. The highest BCUT2D eigenvalue weighted by Gasteiger charge is 2.60. The third-order valence-corrected chi connectivity index (χ3v) is 3.81. The fraction of sp³-hybridized carbons (Fsp3) is 0.500. The van der Waals surface area contributed by atoms with E-state index in [1.807, 2.05) is 6.92 Å². The molecule has 1 fully saturated rings. The van der Waals surface area contributed by atoms with Crippen molar-refractivity contribution in [1.29, 1.82) is 0 Å². The van der Waals surface area contributed by atoms with Crippen LogP contribution in [0.3, 0.4) is 0 Å². The summed E-state index contributed by atoms with van der Waals surface area (Å²) in [5.74, 6) is -3.16.